The maximum absolute atomic E-state index is 12.4. The number of anilines is 1. The zero-order valence-corrected chi connectivity index (χ0v) is 17.7. The van der Waals surface area contributed by atoms with Crippen LogP contribution in [0.4, 0.5) is 5.69 Å². The van der Waals surface area contributed by atoms with Gasteiger partial charge in [0.2, 0.25) is 5.91 Å². The van der Waals surface area contributed by atoms with Gasteiger partial charge < -0.3 is 24.3 Å². The molecule has 6 nitrogen and oxygen atoms in total. The molecule has 0 heterocycles. The van der Waals surface area contributed by atoms with Gasteiger partial charge in [-0.15, -0.1) is 0 Å². The summed E-state index contributed by atoms with van der Waals surface area (Å²) in [6.45, 7) is 8.74. The Bertz CT molecular complexity index is 845. The maximum atomic E-state index is 12.4. The highest BCUT2D eigenvalue weighted by Crippen LogP contribution is 2.31. The summed E-state index contributed by atoms with van der Waals surface area (Å²) in [5, 5.41) is 2.84. The number of carbonyl (C=O) groups excluding carboxylic acids is 1. The van der Waals surface area contributed by atoms with Crippen LogP contribution in [-0.2, 0) is 4.79 Å². The van der Waals surface area contributed by atoms with Crippen LogP contribution in [0.25, 0.3) is 6.08 Å². The molecule has 2 aromatic rings. The number of benzene rings is 2. The molecular weight excluding hydrogens is 370 g/mol. The zero-order chi connectivity index (χ0) is 21.2. The van der Waals surface area contributed by atoms with Crippen LogP contribution in [0, 0.1) is 0 Å². The van der Waals surface area contributed by atoms with Crippen LogP contribution in [0.5, 0.6) is 23.0 Å². The fourth-order valence-corrected chi connectivity index (χ4v) is 2.63. The third kappa shape index (κ3) is 6.75. The second-order valence-corrected chi connectivity index (χ2v) is 6.42. The molecule has 0 radical (unpaired) electrons. The van der Waals surface area contributed by atoms with Gasteiger partial charge in [-0.1, -0.05) is 6.07 Å². The summed E-state index contributed by atoms with van der Waals surface area (Å²) in [4.78, 5) is 12.4. The summed E-state index contributed by atoms with van der Waals surface area (Å²) in [6.07, 6.45) is 3.22. The van der Waals surface area contributed by atoms with E-state index in [0.29, 0.717) is 41.9 Å². The van der Waals surface area contributed by atoms with Crippen molar-refractivity contribution in [3.05, 3.63) is 48.0 Å². The van der Waals surface area contributed by atoms with Gasteiger partial charge in [0.1, 0.15) is 11.5 Å². The van der Waals surface area contributed by atoms with Gasteiger partial charge in [0.25, 0.3) is 0 Å². The van der Waals surface area contributed by atoms with Crippen LogP contribution in [0.1, 0.15) is 33.3 Å². The molecule has 1 N–H and O–H groups in total. The highest BCUT2D eigenvalue weighted by atomic mass is 16.5. The van der Waals surface area contributed by atoms with E-state index in [0.717, 1.165) is 5.56 Å². The van der Waals surface area contributed by atoms with Crippen LogP contribution in [0.3, 0.4) is 0 Å². The average Bonchev–Trinajstić information content (AvgIpc) is 2.69. The number of ether oxygens (including phenoxy) is 4. The van der Waals surface area contributed by atoms with Crippen LogP contribution >= 0.6 is 0 Å². The summed E-state index contributed by atoms with van der Waals surface area (Å²) in [5.74, 6) is 2.26. The van der Waals surface area contributed by atoms with E-state index in [1.54, 1.807) is 25.3 Å². The minimum absolute atomic E-state index is 0.0445. The molecule has 0 unspecified atom stereocenters. The Morgan fingerprint density at radius 2 is 1.72 bits per heavy atom. The Labute approximate surface area is 172 Å². The molecule has 29 heavy (non-hydrogen) atoms. The maximum Gasteiger partial charge on any atom is 0.248 e. The predicted octanol–water partition coefficient (Wildman–Crippen LogP) is 4.93. The largest absolute Gasteiger partial charge is 0.494 e. The van der Waals surface area contributed by atoms with Gasteiger partial charge in [-0.25, -0.2) is 0 Å². The molecule has 0 atom stereocenters. The van der Waals surface area contributed by atoms with E-state index in [1.165, 1.54) is 6.08 Å². The Kier molecular flexibility index (Phi) is 8.40. The van der Waals surface area contributed by atoms with Crippen molar-refractivity contribution >= 4 is 17.7 Å². The van der Waals surface area contributed by atoms with Crippen molar-refractivity contribution in [3.63, 3.8) is 0 Å². The van der Waals surface area contributed by atoms with E-state index >= 15 is 0 Å². The topological polar surface area (TPSA) is 66.0 Å². The number of nitrogens with one attached hydrogen (secondary N) is 1. The van der Waals surface area contributed by atoms with E-state index in [2.05, 4.69) is 5.32 Å². The lowest BCUT2D eigenvalue weighted by Crippen LogP contribution is -2.10. The lowest BCUT2D eigenvalue weighted by Gasteiger charge is -2.14. The predicted molar refractivity (Wildman–Crippen MR) is 115 cm³/mol. The van der Waals surface area contributed by atoms with Gasteiger partial charge in [0.05, 0.1) is 32.1 Å². The first-order valence-corrected chi connectivity index (χ1v) is 9.70. The molecule has 6 heteroatoms. The fourth-order valence-electron chi connectivity index (χ4n) is 2.63. The molecule has 0 saturated carbocycles. The monoisotopic (exact) mass is 399 g/mol. The lowest BCUT2D eigenvalue weighted by molar-refractivity contribution is -0.111. The number of amides is 1. The van der Waals surface area contributed by atoms with Crippen molar-refractivity contribution in [1.29, 1.82) is 0 Å². The van der Waals surface area contributed by atoms with Crippen molar-refractivity contribution in [1.82, 2.24) is 0 Å². The smallest absolute Gasteiger partial charge is 0.248 e. The van der Waals surface area contributed by atoms with E-state index in [-0.39, 0.29) is 12.0 Å². The van der Waals surface area contributed by atoms with Gasteiger partial charge in [-0.2, -0.15) is 0 Å². The molecule has 0 aliphatic heterocycles. The summed E-state index contributed by atoms with van der Waals surface area (Å²) >= 11 is 0. The Morgan fingerprint density at radius 3 is 2.38 bits per heavy atom. The van der Waals surface area contributed by atoms with Crippen molar-refractivity contribution in [2.24, 2.45) is 0 Å². The number of hydrogen-bond acceptors (Lipinski definition) is 5. The molecular formula is C23H29NO5. The van der Waals surface area contributed by atoms with Gasteiger partial charge in [0, 0.05) is 12.1 Å². The molecule has 156 valence electrons. The molecule has 2 rings (SSSR count). The van der Waals surface area contributed by atoms with E-state index in [1.807, 2.05) is 52.0 Å². The first-order chi connectivity index (χ1) is 14.0. The van der Waals surface area contributed by atoms with Crippen LogP contribution < -0.4 is 24.3 Å². The van der Waals surface area contributed by atoms with Crippen molar-refractivity contribution in [2.45, 2.75) is 33.8 Å². The molecule has 1 amide bonds. The third-order valence-electron chi connectivity index (χ3n) is 3.80. The summed E-state index contributed by atoms with van der Waals surface area (Å²) in [7, 11) is 1.59. The van der Waals surface area contributed by atoms with Crippen molar-refractivity contribution in [2.75, 3.05) is 25.6 Å². The molecule has 0 aliphatic carbocycles. The highest BCUT2D eigenvalue weighted by Gasteiger charge is 2.09. The number of rotatable bonds is 10. The standard InChI is InChI=1S/C23H29NO5/c1-6-27-18-10-12-20(28-7-2)19(15-18)24-23(25)13-9-17-8-11-21(29-16(3)4)22(14-17)26-5/h8-16H,6-7H2,1-5H3,(H,24,25)/b13-9+. The molecule has 0 bridgehead atoms. The summed E-state index contributed by atoms with van der Waals surface area (Å²) in [5.41, 5.74) is 1.38. The zero-order valence-electron chi connectivity index (χ0n) is 17.7. The first kappa shape index (κ1) is 22.1. The Balaban J connectivity index is 2.14. The molecule has 0 spiro atoms. The SMILES string of the molecule is CCOc1ccc(OCC)c(NC(=O)/C=C/c2ccc(OC(C)C)c(OC)c2)c1. The number of hydrogen-bond donors (Lipinski definition) is 1. The third-order valence-corrected chi connectivity index (χ3v) is 3.80. The molecule has 0 aromatic heterocycles. The molecule has 0 aliphatic rings. The van der Waals surface area contributed by atoms with Gasteiger partial charge in [-0.05, 0) is 63.6 Å². The van der Waals surface area contributed by atoms with E-state index in [9.17, 15) is 4.79 Å². The first-order valence-electron chi connectivity index (χ1n) is 9.70. The van der Waals surface area contributed by atoms with E-state index in [4.69, 9.17) is 18.9 Å². The second kappa shape index (κ2) is 11.0. The minimum atomic E-state index is -0.277. The van der Waals surface area contributed by atoms with Crippen LogP contribution in [-0.4, -0.2) is 32.3 Å². The van der Waals surface area contributed by atoms with Gasteiger partial charge in [0.15, 0.2) is 11.5 Å². The summed E-state index contributed by atoms with van der Waals surface area (Å²) in [6, 6.07) is 10.9. The molecule has 2 aromatic carbocycles. The van der Waals surface area contributed by atoms with Crippen LogP contribution in [0.2, 0.25) is 0 Å². The van der Waals surface area contributed by atoms with E-state index < -0.39 is 0 Å². The second-order valence-electron chi connectivity index (χ2n) is 6.42. The minimum Gasteiger partial charge on any atom is -0.494 e. The summed E-state index contributed by atoms with van der Waals surface area (Å²) < 4.78 is 22.2. The Morgan fingerprint density at radius 1 is 1.00 bits per heavy atom. The fraction of sp³-hybridized carbons (Fsp3) is 0.348. The quantitative estimate of drug-likeness (QED) is 0.574. The Hall–Kier alpha value is -3.15. The molecule has 0 fully saturated rings. The number of carbonyl (C=O) groups is 1. The van der Waals surface area contributed by atoms with Gasteiger partial charge in [-0.3, -0.25) is 4.79 Å². The van der Waals surface area contributed by atoms with Crippen LogP contribution in [0.15, 0.2) is 42.5 Å². The highest BCUT2D eigenvalue weighted by molar-refractivity contribution is 6.03. The van der Waals surface area contributed by atoms with Crippen molar-refractivity contribution < 1.29 is 23.7 Å². The lowest BCUT2D eigenvalue weighted by atomic mass is 10.2. The van der Waals surface area contributed by atoms with Crippen molar-refractivity contribution in [3.8, 4) is 23.0 Å². The average molecular weight is 399 g/mol. The normalized spacial score (nSPS) is 10.8. The molecule has 0 saturated heterocycles. The van der Waals surface area contributed by atoms with Gasteiger partial charge >= 0.3 is 0 Å². The number of methoxy groups -OCH3 is 1.